The van der Waals surface area contributed by atoms with E-state index in [1.807, 2.05) is 0 Å². The fourth-order valence-electron chi connectivity index (χ4n) is 6.35. The SMILES string of the molecule is CC1=Cc2c(ccc3ccc(-c4ccc(-c5ccc6c(c5)C(C)(C)c5ccccc5-6)cc4)cc23)CC1. The standard InChI is InChI=1S/C36H30/c1-23-8-9-26-14-15-27-16-17-28(21-33(27)32(26)20-23)24-10-12-25(13-11-24)29-18-19-31-30-6-4-5-7-34(30)36(2,3)35(31)22-29/h4-7,10-22H,8-9H2,1-3H3. The summed E-state index contributed by atoms with van der Waals surface area (Å²) in [5.41, 5.74) is 15.1. The van der Waals surface area contributed by atoms with Crippen molar-refractivity contribution >= 4 is 16.8 Å². The van der Waals surface area contributed by atoms with Gasteiger partial charge in [0.25, 0.3) is 0 Å². The van der Waals surface area contributed by atoms with Crippen LogP contribution in [0.4, 0.5) is 0 Å². The molecule has 2 aliphatic carbocycles. The van der Waals surface area contributed by atoms with Crippen molar-refractivity contribution in [3.8, 4) is 33.4 Å². The summed E-state index contributed by atoms with van der Waals surface area (Å²) in [5.74, 6) is 0. The normalized spacial score (nSPS) is 15.2. The van der Waals surface area contributed by atoms with Crippen LogP contribution in [0.1, 0.15) is 49.4 Å². The number of hydrogen-bond acceptors (Lipinski definition) is 0. The molecule has 5 aromatic carbocycles. The van der Waals surface area contributed by atoms with Gasteiger partial charge in [0.2, 0.25) is 0 Å². The van der Waals surface area contributed by atoms with Gasteiger partial charge in [-0.3, -0.25) is 0 Å². The zero-order valence-electron chi connectivity index (χ0n) is 21.2. The van der Waals surface area contributed by atoms with E-state index in [9.17, 15) is 0 Å². The van der Waals surface area contributed by atoms with E-state index in [1.165, 1.54) is 78.4 Å². The summed E-state index contributed by atoms with van der Waals surface area (Å²) in [6.45, 7) is 6.95. The fraction of sp³-hybridized carbons (Fsp3) is 0.167. The number of benzene rings is 5. The second kappa shape index (κ2) is 7.80. The molecule has 0 heteroatoms. The highest BCUT2D eigenvalue weighted by molar-refractivity contribution is 5.96. The molecule has 36 heavy (non-hydrogen) atoms. The summed E-state index contributed by atoms with van der Waals surface area (Å²) in [4.78, 5) is 0. The van der Waals surface area contributed by atoms with Crippen LogP contribution in [0, 0.1) is 0 Å². The van der Waals surface area contributed by atoms with Crippen molar-refractivity contribution in [1.82, 2.24) is 0 Å². The van der Waals surface area contributed by atoms with Crippen LogP contribution in [0.15, 0.2) is 103 Å². The summed E-state index contributed by atoms with van der Waals surface area (Å²) < 4.78 is 0. The number of rotatable bonds is 2. The van der Waals surface area contributed by atoms with Crippen LogP contribution in [0.3, 0.4) is 0 Å². The lowest BCUT2D eigenvalue weighted by Gasteiger charge is -2.22. The van der Waals surface area contributed by atoms with Gasteiger partial charge in [0.1, 0.15) is 0 Å². The highest BCUT2D eigenvalue weighted by Gasteiger charge is 2.35. The lowest BCUT2D eigenvalue weighted by molar-refractivity contribution is 0.660. The summed E-state index contributed by atoms with van der Waals surface area (Å²) in [5, 5.41) is 2.69. The molecule has 0 atom stereocenters. The topological polar surface area (TPSA) is 0 Å². The first kappa shape index (κ1) is 21.4. The van der Waals surface area contributed by atoms with Gasteiger partial charge in [0.05, 0.1) is 0 Å². The number of aryl methyl sites for hydroxylation is 1. The average Bonchev–Trinajstić information content (AvgIpc) is 3.15. The Bertz CT molecular complexity index is 1690. The highest BCUT2D eigenvalue weighted by Crippen LogP contribution is 2.49. The van der Waals surface area contributed by atoms with Crippen molar-refractivity contribution < 1.29 is 0 Å². The number of allylic oxidation sites excluding steroid dienone is 1. The molecule has 7 rings (SSSR count). The van der Waals surface area contributed by atoms with Gasteiger partial charge in [-0.1, -0.05) is 110 Å². The molecule has 0 amide bonds. The van der Waals surface area contributed by atoms with Crippen molar-refractivity contribution in [2.45, 2.75) is 39.0 Å². The molecule has 0 saturated carbocycles. The van der Waals surface area contributed by atoms with Gasteiger partial charge in [-0.05, 0) is 98.3 Å². The van der Waals surface area contributed by atoms with Crippen LogP contribution in [-0.4, -0.2) is 0 Å². The van der Waals surface area contributed by atoms with Gasteiger partial charge < -0.3 is 0 Å². The monoisotopic (exact) mass is 462 g/mol. The molecular formula is C36H30. The van der Waals surface area contributed by atoms with E-state index in [0.717, 1.165) is 6.42 Å². The second-order valence-corrected chi connectivity index (χ2v) is 11.1. The van der Waals surface area contributed by atoms with Crippen molar-refractivity contribution in [1.29, 1.82) is 0 Å². The maximum atomic E-state index is 2.40. The molecule has 0 unspecified atom stereocenters. The Morgan fingerprint density at radius 1 is 0.583 bits per heavy atom. The van der Waals surface area contributed by atoms with Crippen LogP contribution < -0.4 is 0 Å². The molecular weight excluding hydrogens is 432 g/mol. The minimum absolute atomic E-state index is 0.0267. The first-order valence-corrected chi connectivity index (χ1v) is 13.1. The maximum absolute atomic E-state index is 2.40. The molecule has 174 valence electrons. The second-order valence-electron chi connectivity index (χ2n) is 11.1. The Morgan fingerprint density at radius 2 is 1.22 bits per heavy atom. The van der Waals surface area contributed by atoms with E-state index in [-0.39, 0.29) is 5.41 Å². The molecule has 0 heterocycles. The summed E-state index contributed by atoms with van der Waals surface area (Å²) in [6.07, 6.45) is 4.71. The zero-order valence-corrected chi connectivity index (χ0v) is 21.2. The summed E-state index contributed by atoms with van der Waals surface area (Å²) in [6, 6.07) is 36.5. The minimum Gasteiger partial charge on any atom is -0.0724 e. The summed E-state index contributed by atoms with van der Waals surface area (Å²) in [7, 11) is 0. The third-order valence-electron chi connectivity index (χ3n) is 8.47. The predicted molar refractivity (Wildman–Crippen MR) is 154 cm³/mol. The van der Waals surface area contributed by atoms with E-state index in [2.05, 4.69) is 124 Å². The van der Waals surface area contributed by atoms with E-state index in [0.29, 0.717) is 0 Å². The highest BCUT2D eigenvalue weighted by atomic mass is 14.4. The molecule has 0 nitrogen and oxygen atoms in total. The van der Waals surface area contributed by atoms with Crippen molar-refractivity contribution in [2.24, 2.45) is 0 Å². The Hall–Kier alpha value is -3.90. The fourth-order valence-corrected chi connectivity index (χ4v) is 6.35. The summed E-state index contributed by atoms with van der Waals surface area (Å²) >= 11 is 0. The largest absolute Gasteiger partial charge is 0.0724 e. The van der Waals surface area contributed by atoms with Gasteiger partial charge in [-0.15, -0.1) is 0 Å². The minimum atomic E-state index is 0.0267. The van der Waals surface area contributed by atoms with Crippen LogP contribution in [0.2, 0.25) is 0 Å². The predicted octanol–water partition coefficient (Wildman–Crippen LogP) is 9.83. The maximum Gasteiger partial charge on any atom is 0.0159 e. The van der Waals surface area contributed by atoms with Crippen molar-refractivity contribution in [3.63, 3.8) is 0 Å². The van der Waals surface area contributed by atoms with Gasteiger partial charge in [0.15, 0.2) is 0 Å². The average molecular weight is 463 g/mol. The van der Waals surface area contributed by atoms with Gasteiger partial charge >= 0.3 is 0 Å². The molecule has 5 aromatic rings. The van der Waals surface area contributed by atoms with Gasteiger partial charge in [-0.2, -0.15) is 0 Å². The molecule has 0 bridgehead atoms. The smallest absolute Gasteiger partial charge is 0.0159 e. The Morgan fingerprint density at radius 3 is 2.03 bits per heavy atom. The molecule has 0 aliphatic heterocycles. The van der Waals surface area contributed by atoms with Gasteiger partial charge in [0, 0.05) is 5.41 Å². The Kier molecular flexibility index (Phi) is 4.63. The van der Waals surface area contributed by atoms with Crippen LogP contribution in [0.5, 0.6) is 0 Å². The lowest BCUT2D eigenvalue weighted by Crippen LogP contribution is -2.14. The number of fused-ring (bicyclic) bond motifs is 6. The third-order valence-corrected chi connectivity index (χ3v) is 8.47. The number of hydrogen-bond donors (Lipinski definition) is 0. The molecule has 0 fully saturated rings. The molecule has 2 aliphatic rings. The molecule has 0 N–H and O–H groups in total. The third kappa shape index (κ3) is 3.21. The molecule has 0 aromatic heterocycles. The molecule has 0 saturated heterocycles. The van der Waals surface area contributed by atoms with Crippen molar-refractivity contribution in [3.05, 3.63) is 125 Å². The molecule has 0 radical (unpaired) electrons. The van der Waals surface area contributed by atoms with E-state index >= 15 is 0 Å². The van der Waals surface area contributed by atoms with Crippen LogP contribution in [0.25, 0.3) is 50.2 Å². The Labute approximate surface area is 214 Å². The zero-order chi connectivity index (χ0) is 24.4. The first-order valence-electron chi connectivity index (χ1n) is 13.1. The van der Waals surface area contributed by atoms with Gasteiger partial charge in [-0.25, -0.2) is 0 Å². The van der Waals surface area contributed by atoms with E-state index < -0.39 is 0 Å². The van der Waals surface area contributed by atoms with Crippen LogP contribution in [-0.2, 0) is 11.8 Å². The lowest BCUT2D eigenvalue weighted by atomic mass is 9.81. The van der Waals surface area contributed by atoms with Crippen LogP contribution >= 0.6 is 0 Å². The quantitative estimate of drug-likeness (QED) is 0.245. The van der Waals surface area contributed by atoms with E-state index in [4.69, 9.17) is 0 Å². The Balaban J connectivity index is 1.26. The van der Waals surface area contributed by atoms with E-state index in [1.54, 1.807) is 0 Å². The molecule has 0 spiro atoms. The van der Waals surface area contributed by atoms with Crippen molar-refractivity contribution in [2.75, 3.05) is 0 Å². The first-order chi connectivity index (χ1) is 17.5.